The average molecular weight is 757 g/mol. The lowest BCUT2D eigenvalue weighted by atomic mass is 9.74. The molecule has 3 heterocycles. The Morgan fingerprint density at radius 2 is 1.74 bits per heavy atom. The molecule has 4 rings (SSSR count). The van der Waals surface area contributed by atoms with Gasteiger partial charge in [-0.3, -0.25) is 4.79 Å². The third-order valence-corrected chi connectivity index (χ3v) is 10.2. The smallest absolute Gasteiger partial charge is 0.346 e. The first kappa shape index (κ1) is 42.3. The maximum absolute atomic E-state index is 14.1. The summed E-state index contributed by atoms with van der Waals surface area (Å²) in [5.41, 5.74) is -4.87. The monoisotopic (exact) mass is 756 g/mol. The number of methoxy groups -OCH3 is 2. The number of nitrogens with zero attached hydrogens (tertiary/aromatic N) is 2. The number of ether oxygens (including phenoxy) is 6. The summed E-state index contributed by atoms with van der Waals surface area (Å²) in [5.74, 6) is -7.12. The average Bonchev–Trinajstić information content (AvgIpc) is 3.67. The van der Waals surface area contributed by atoms with Crippen LogP contribution in [0.25, 0.3) is 0 Å². The summed E-state index contributed by atoms with van der Waals surface area (Å²) in [6.45, 7) is 14.9. The Balaban J connectivity index is 1.80. The third-order valence-electron chi connectivity index (χ3n) is 10.2. The van der Waals surface area contributed by atoms with E-state index in [4.69, 9.17) is 32.9 Å². The molecule has 10 atom stereocenters. The van der Waals surface area contributed by atoms with E-state index >= 15 is 0 Å². The van der Waals surface area contributed by atoms with Crippen LogP contribution in [-0.4, -0.2) is 93.8 Å². The lowest BCUT2D eigenvalue weighted by Crippen LogP contribution is -2.74. The van der Waals surface area contributed by atoms with E-state index in [0.717, 1.165) is 38.7 Å². The molecular formula is C39H52N2O13. The van der Waals surface area contributed by atoms with Crippen LogP contribution >= 0.6 is 0 Å². The molecule has 296 valence electrons. The topological polar surface area (TPSA) is 203 Å². The number of esters is 4. The molecule has 15 heteroatoms. The van der Waals surface area contributed by atoms with Crippen LogP contribution in [-0.2, 0) is 54.0 Å². The SMILES string of the molecule is C=C(CC[C@@]12O[C@H](c3nc(C)no3)[C@@](O)(C(=O)OC)[C@@](C(=O)OC)(O1)[C@H](OC(=O)/C=C/[C@@H](C)C[C@@H](C)CC)[C@H]2O)[C@@H](OC(C)=O)[C@H](C)Cc1ccccc1. The van der Waals surface area contributed by atoms with Crippen LogP contribution < -0.4 is 0 Å². The second-order valence-corrected chi connectivity index (χ2v) is 14.3. The van der Waals surface area contributed by atoms with E-state index in [2.05, 4.69) is 30.6 Å². The molecule has 0 saturated carbocycles. The Hall–Kier alpha value is -4.44. The molecule has 2 aliphatic heterocycles. The third kappa shape index (κ3) is 8.28. The molecule has 0 radical (unpaired) electrons. The lowest BCUT2D eigenvalue weighted by Gasteiger charge is -2.49. The zero-order valence-electron chi connectivity index (χ0n) is 32.1. The van der Waals surface area contributed by atoms with Crippen LogP contribution in [0.15, 0.2) is 59.2 Å². The predicted octanol–water partition coefficient (Wildman–Crippen LogP) is 4.04. The molecule has 2 N–H and O–H groups in total. The van der Waals surface area contributed by atoms with Gasteiger partial charge in [0.2, 0.25) is 11.4 Å². The maximum Gasteiger partial charge on any atom is 0.346 e. The highest BCUT2D eigenvalue weighted by molar-refractivity contribution is 5.95. The molecule has 0 amide bonds. The molecular weight excluding hydrogens is 704 g/mol. The van der Waals surface area contributed by atoms with Crippen molar-refractivity contribution < 1.29 is 62.3 Å². The minimum atomic E-state index is -3.24. The van der Waals surface area contributed by atoms with Gasteiger partial charge in [0.15, 0.2) is 18.0 Å². The molecule has 2 aliphatic rings. The zero-order chi connectivity index (χ0) is 40.0. The van der Waals surface area contributed by atoms with Gasteiger partial charge in [0.1, 0.15) is 12.2 Å². The number of rotatable bonds is 17. The van der Waals surface area contributed by atoms with Crippen molar-refractivity contribution in [3.63, 3.8) is 0 Å². The Labute approximate surface area is 315 Å². The van der Waals surface area contributed by atoms with Gasteiger partial charge < -0.3 is 43.2 Å². The number of aryl methyl sites for hydroxylation is 1. The summed E-state index contributed by atoms with van der Waals surface area (Å²) in [6, 6.07) is 9.57. The summed E-state index contributed by atoms with van der Waals surface area (Å²) in [5, 5.41) is 28.4. The maximum atomic E-state index is 14.1. The fourth-order valence-corrected chi connectivity index (χ4v) is 7.28. The number of aliphatic hydroxyl groups is 2. The first-order valence-electron chi connectivity index (χ1n) is 18.0. The Bertz CT molecular complexity index is 1690. The number of allylic oxidation sites excluding steroid dienone is 1. The molecule has 54 heavy (non-hydrogen) atoms. The Kier molecular flexibility index (Phi) is 13.6. The highest BCUT2D eigenvalue weighted by atomic mass is 16.8. The number of carbonyl (C=O) groups is 4. The fraction of sp³-hybridized carbons (Fsp3) is 0.590. The minimum absolute atomic E-state index is 0.0432. The molecule has 2 fully saturated rings. The molecule has 0 spiro atoms. The van der Waals surface area contributed by atoms with Crippen LogP contribution in [0.3, 0.4) is 0 Å². The molecule has 1 aromatic carbocycles. The molecule has 0 aliphatic carbocycles. The Morgan fingerprint density at radius 1 is 1.07 bits per heavy atom. The van der Waals surface area contributed by atoms with Gasteiger partial charge >= 0.3 is 23.9 Å². The second-order valence-electron chi connectivity index (χ2n) is 14.3. The predicted molar refractivity (Wildman–Crippen MR) is 190 cm³/mol. The van der Waals surface area contributed by atoms with Gasteiger partial charge in [-0.2, -0.15) is 4.98 Å². The zero-order valence-corrected chi connectivity index (χ0v) is 32.1. The quantitative estimate of drug-likeness (QED) is 0.101. The number of hydrogen-bond donors (Lipinski definition) is 2. The molecule has 1 aromatic heterocycles. The standard InChI is InChI=1S/C39H52N2O13/c1-10-22(2)20-23(3)16-17-29(43)51-32-31(44)37(19-18-24(4)30(50-27(7)42)25(5)21-28-14-12-11-13-15-28)52-33(34-40-26(6)41-53-34)38(47,35(45)48-8)39(32,54-37)36(46)49-9/h11-17,22-23,25,30-33,44,47H,4,10,18-21H2,1-3,5-9H3/b17-16+/t22-,23+,25+,30+,31+,32+,33+,37+,38+,39+/m0/s1. The second kappa shape index (κ2) is 17.4. The molecule has 2 aromatic rings. The van der Waals surface area contributed by atoms with E-state index in [-0.39, 0.29) is 30.5 Å². The molecule has 0 unspecified atom stereocenters. The van der Waals surface area contributed by atoms with Crippen LogP contribution in [0.2, 0.25) is 0 Å². The Morgan fingerprint density at radius 3 is 2.31 bits per heavy atom. The van der Waals surface area contributed by atoms with Crippen molar-refractivity contribution in [2.75, 3.05) is 14.2 Å². The fourth-order valence-electron chi connectivity index (χ4n) is 7.28. The number of hydrogen-bond acceptors (Lipinski definition) is 15. The van der Waals surface area contributed by atoms with Crippen molar-refractivity contribution in [3.8, 4) is 0 Å². The van der Waals surface area contributed by atoms with Crippen molar-refractivity contribution in [1.82, 2.24) is 10.1 Å². The van der Waals surface area contributed by atoms with E-state index < -0.39 is 71.2 Å². The largest absolute Gasteiger partial charge is 0.467 e. The summed E-state index contributed by atoms with van der Waals surface area (Å²) in [4.78, 5) is 57.7. The van der Waals surface area contributed by atoms with E-state index in [1.165, 1.54) is 13.8 Å². The highest BCUT2D eigenvalue weighted by Gasteiger charge is 2.86. The lowest BCUT2D eigenvalue weighted by molar-refractivity contribution is -0.386. The highest BCUT2D eigenvalue weighted by Crippen LogP contribution is 2.60. The van der Waals surface area contributed by atoms with Gasteiger partial charge in [0.25, 0.3) is 11.5 Å². The number of aromatic nitrogens is 2. The number of carbonyl (C=O) groups excluding carboxylic acids is 4. The van der Waals surface area contributed by atoms with E-state index in [9.17, 15) is 29.4 Å². The van der Waals surface area contributed by atoms with Crippen molar-refractivity contribution in [3.05, 3.63) is 71.9 Å². The van der Waals surface area contributed by atoms with Gasteiger partial charge in [0.05, 0.1) is 14.2 Å². The summed E-state index contributed by atoms with van der Waals surface area (Å²) in [6.07, 6.45) is -2.44. The summed E-state index contributed by atoms with van der Waals surface area (Å²) in [7, 11) is 1.90. The summed E-state index contributed by atoms with van der Waals surface area (Å²) < 4.78 is 39.4. The van der Waals surface area contributed by atoms with Crippen LogP contribution in [0.4, 0.5) is 0 Å². The number of fused-ring (bicyclic) bond motifs is 2. The molecule has 2 bridgehead atoms. The number of benzene rings is 1. The molecule has 15 nitrogen and oxygen atoms in total. The van der Waals surface area contributed by atoms with Crippen LogP contribution in [0.1, 0.15) is 83.7 Å². The van der Waals surface area contributed by atoms with Crippen molar-refractivity contribution in [2.45, 2.75) is 115 Å². The van der Waals surface area contributed by atoms with Gasteiger partial charge in [-0.15, -0.1) is 0 Å². The first-order chi connectivity index (χ1) is 25.5. The van der Waals surface area contributed by atoms with Crippen LogP contribution in [0, 0.1) is 24.7 Å². The summed E-state index contributed by atoms with van der Waals surface area (Å²) >= 11 is 0. The van der Waals surface area contributed by atoms with Gasteiger partial charge in [-0.1, -0.05) is 82.3 Å². The first-order valence-corrected chi connectivity index (χ1v) is 18.0. The van der Waals surface area contributed by atoms with E-state index in [1.54, 1.807) is 6.08 Å². The number of aliphatic hydroxyl groups excluding tert-OH is 1. The normalized spacial score (nSPS) is 28.4. The van der Waals surface area contributed by atoms with Crippen molar-refractivity contribution in [1.29, 1.82) is 0 Å². The molecule has 2 saturated heterocycles. The minimum Gasteiger partial charge on any atom is -0.467 e. The van der Waals surface area contributed by atoms with Crippen molar-refractivity contribution >= 4 is 23.9 Å². The van der Waals surface area contributed by atoms with Gasteiger partial charge in [0, 0.05) is 25.3 Å². The van der Waals surface area contributed by atoms with E-state index in [0.29, 0.717) is 17.9 Å². The van der Waals surface area contributed by atoms with Crippen molar-refractivity contribution in [2.24, 2.45) is 17.8 Å². The van der Waals surface area contributed by atoms with Gasteiger partial charge in [-0.05, 0) is 49.2 Å². The van der Waals surface area contributed by atoms with E-state index in [1.807, 2.05) is 44.2 Å². The van der Waals surface area contributed by atoms with Crippen LogP contribution in [0.5, 0.6) is 0 Å². The van der Waals surface area contributed by atoms with Gasteiger partial charge in [-0.25, -0.2) is 14.4 Å².